The van der Waals surface area contributed by atoms with Crippen molar-refractivity contribution in [2.45, 2.75) is 44.1 Å². The normalized spacial score (nSPS) is 23.2. The smallest absolute Gasteiger partial charge is 0.475 e. The fourth-order valence-electron chi connectivity index (χ4n) is 3.43. The van der Waals surface area contributed by atoms with Crippen LogP contribution in [0, 0.1) is 0 Å². The number of carboxylic acid groups (broad SMARTS) is 1. The van der Waals surface area contributed by atoms with Crippen molar-refractivity contribution < 1.29 is 27.9 Å². The molecule has 0 aromatic carbocycles. The van der Waals surface area contributed by atoms with Crippen molar-refractivity contribution in [1.82, 2.24) is 9.80 Å². The zero-order valence-electron chi connectivity index (χ0n) is 14.1. The fraction of sp³-hybridized carbons (Fsp3) is 0.529. The van der Waals surface area contributed by atoms with E-state index in [0.29, 0.717) is 31.0 Å². The third-order valence-electron chi connectivity index (χ3n) is 4.53. The Labute approximate surface area is 153 Å². The molecule has 2 saturated heterocycles. The molecule has 0 saturated carbocycles. The van der Waals surface area contributed by atoms with Gasteiger partial charge in [-0.1, -0.05) is 6.08 Å². The molecule has 2 aliphatic heterocycles. The van der Waals surface area contributed by atoms with E-state index >= 15 is 0 Å². The summed E-state index contributed by atoms with van der Waals surface area (Å²) in [5, 5.41) is 11.5. The molecule has 1 aromatic heterocycles. The standard InChI is InChI=1S/C15H20N2OS.C2HF3O2/c1-2-7-17-14-5-8-16(10-12-6-9-19-11-12)13(14)3-4-15(17)18;3-2(4,5)1(6)7/h2,6,9,11,13-14H,1,3-5,7-8,10H2;(H,6,7)/t13-,14-;/m1./s1. The van der Waals surface area contributed by atoms with Crippen LogP contribution in [-0.2, 0) is 16.1 Å². The number of carbonyl (C=O) groups is 2. The molecule has 2 aliphatic rings. The quantitative estimate of drug-likeness (QED) is 0.803. The van der Waals surface area contributed by atoms with Gasteiger partial charge >= 0.3 is 12.1 Å². The van der Waals surface area contributed by atoms with Crippen molar-refractivity contribution in [3.05, 3.63) is 35.0 Å². The first-order valence-corrected chi connectivity index (χ1v) is 9.14. The van der Waals surface area contributed by atoms with Gasteiger partial charge in [0, 0.05) is 38.1 Å². The number of nitrogens with zero attached hydrogens (tertiary/aromatic N) is 2. The molecule has 1 aromatic rings. The number of likely N-dealkylation sites (tertiary alicyclic amines) is 2. The van der Waals surface area contributed by atoms with Gasteiger partial charge in [-0.3, -0.25) is 9.69 Å². The molecule has 9 heteroatoms. The van der Waals surface area contributed by atoms with Gasteiger partial charge in [0.05, 0.1) is 0 Å². The van der Waals surface area contributed by atoms with Crippen LogP contribution in [-0.4, -0.2) is 58.1 Å². The average molecular weight is 390 g/mol. The summed E-state index contributed by atoms with van der Waals surface area (Å²) in [5.74, 6) is -2.45. The van der Waals surface area contributed by atoms with Crippen molar-refractivity contribution in [3.8, 4) is 0 Å². The van der Waals surface area contributed by atoms with Crippen molar-refractivity contribution in [2.24, 2.45) is 0 Å². The maximum absolute atomic E-state index is 12.0. The molecule has 5 nitrogen and oxygen atoms in total. The zero-order valence-corrected chi connectivity index (χ0v) is 14.9. The van der Waals surface area contributed by atoms with Crippen molar-refractivity contribution >= 4 is 23.2 Å². The summed E-state index contributed by atoms with van der Waals surface area (Å²) in [6, 6.07) is 3.14. The average Bonchev–Trinajstić information content (AvgIpc) is 3.20. The Morgan fingerprint density at radius 1 is 1.38 bits per heavy atom. The molecule has 0 aliphatic carbocycles. The SMILES string of the molecule is C=CCN1C(=O)CC[C@@H]2[C@H]1CCN2Cc1ccsc1.O=C(O)C(F)(F)F. The predicted molar refractivity (Wildman–Crippen MR) is 91.8 cm³/mol. The van der Waals surface area contributed by atoms with E-state index in [9.17, 15) is 18.0 Å². The first-order valence-electron chi connectivity index (χ1n) is 8.19. The maximum Gasteiger partial charge on any atom is 0.490 e. The van der Waals surface area contributed by atoms with Crippen LogP contribution in [0.2, 0.25) is 0 Å². The Bertz CT molecular complexity index is 634. The summed E-state index contributed by atoms with van der Waals surface area (Å²) in [6.45, 7) is 6.61. The summed E-state index contributed by atoms with van der Waals surface area (Å²) < 4.78 is 31.7. The molecular weight excluding hydrogens is 369 g/mol. The number of fused-ring (bicyclic) bond motifs is 1. The molecule has 3 heterocycles. The number of amides is 1. The highest BCUT2D eigenvalue weighted by Gasteiger charge is 2.42. The fourth-order valence-corrected chi connectivity index (χ4v) is 4.09. The Hall–Kier alpha value is -1.87. The zero-order chi connectivity index (χ0) is 19.3. The summed E-state index contributed by atoms with van der Waals surface area (Å²) in [7, 11) is 0. The Kier molecular flexibility index (Phi) is 6.82. The van der Waals surface area contributed by atoms with Gasteiger partial charge in [0.15, 0.2) is 0 Å². The Morgan fingerprint density at radius 2 is 2.08 bits per heavy atom. The number of hydrogen-bond donors (Lipinski definition) is 1. The van der Waals surface area contributed by atoms with Crippen molar-refractivity contribution in [3.63, 3.8) is 0 Å². The van der Waals surface area contributed by atoms with Crippen molar-refractivity contribution in [2.75, 3.05) is 13.1 Å². The van der Waals surface area contributed by atoms with Gasteiger partial charge in [0.1, 0.15) is 0 Å². The molecule has 0 unspecified atom stereocenters. The highest BCUT2D eigenvalue weighted by atomic mass is 32.1. The van der Waals surface area contributed by atoms with E-state index in [1.54, 1.807) is 11.3 Å². The van der Waals surface area contributed by atoms with E-state index in [1.165, 1.54) is 5.56 Å². The van der Waals surface area contributed by atoms with E-state index < -0.39 is 12.1 Å². The van der Waals surface area contributed by atoms with Crippen LogP contribution in [0.5, 0.6) is 0 Å². The molecule has 0 radical (unpaired) electrons. The number of hydrogen-bond acceptors (Lipinski definition) is 4. The van der Waals surface area contributed by atoms with Crippen LogP contribution in [0.1, 0.15) is 24.8 Å². The largest absolute Gasteiger partial charge is 0.490 e. The molecule has 1 N–H and O–H groups in total. The molecule has 0 bridgehead atoms. The number of piperidine rings is 1. The summed E-state index contributed by atoms with van der Waals surface area (Å²) in [5.41, 5.74) is 1.40. The Morgan fingerprint density at radius 3 is 2.62 bits per heavy atom. The first kappa shape index (κ1) is 20.4. The molecule has 144 valence electrons. The Balaban J connectivity index is 0.000000298. The second-order valence-electron chi connectivity index (χ2n) is 6.20. The topological polar surface area (TPSA) is 60.9 Å². The van der Waals surface area contributed by atoms with Gasteiger partial charge in [0.2, 0.25) is 5.91 Å². The van der Waals surface area contributed by atoms with Crippen LogP contribution >= 0.6 is 11.3 Å². The number of halogens is 3. The molecule has 0 spiro atoms. The van der Waals surface area contributed by atoms with Crippen LogP contribution in [0.25, 0.3) is 0 Å². The lowest BCUT2D eigenvalue weighted by Crippen LogP contribution is -2.52. The van der Waals surface area contributed by atoms with E-state index in [2.05, 4.69) is 28.3 Å². The summed E-state index contributed by atoms with van der Waals surface area (Å²) in [4.78, 5) is 25.5. The van der Waals surface area contributed by atoms with E-state index in [1.807, 2.05) is 11.0 Å². The van der Waals surface area contributed by atoms with Crippen LogP contribution in [0.15, 0.2) is 29.5 Å². The highest BCUT2D eigenvalue weighted by molar-refractivity contribution is 7.07. The number of rotatable bonds is 4. The molecule has 2 atom stereocenters. The molecule has 3 rings (SSSR count). The minimum Gasteiger partial charge on any atom is -0.475 e. The molecule has 1 amide bonds. The number of carbonyl (C=O) groups excluding carboxylic acids is 1. The van der Waals surface area contributed by atoms with E-state index in [4.69, 9.17) is 9.90 Å². The summed E-state index contributed by atoms with van der Waals surface area (Å²) in [6.07, 6.45) is -0.424. The third-order valence-corrected chi connectivity index (χ3v) is 5.27. The van der Waals surface area contributed by atoms with Crippen LogP contribution < -0.4 is 0 Å². The van der Waals surface area contributed by atoms with Gasteiger partial charge in [-0.15, -0.1) is 6.58 Å². The van der Waals surface area contributed by atoms with Gasteiger partial charge < -0.3 is 10.0 Å². The number of aliphatic carboxylic acids is 1. The molecular formula is C17H21F3N2O3S. The van der Waals surface area contributed by atoms with Gasteiger partial charge in [-0.25, -0.2) is 4.79 Å². The van der Waals surface area contributed by atoms with E-state index in [-0.39, 0.29) is 0 Å². The minimum absolute atomic E-state index is 0.304. The minimum atomic E-state index is -5.08. The lowest BCUT2D eigenvalue weighted by atomic mass is 9.96. The maximum atomic E-state index is 12.0. The monoisotopic (exact) mass is 390 g/mol. The van der Waals surface area contributed by atoms with Gasteiger partial charge in [0.25, 0.3) is 0 Å². The van der Waals surface area contributed by atoms with E-state index in [0.717, 1.165) is 25.9 Å². The van der Waals surface area contributed by atoms with Crippen LogP contribution in [0.3, 0.4) is 0 Å². The van der Waals surface area contributed by atoms with Crippen molar-refractivity contribution in [1.29, 1.82) is 0 Å². The van der Waals surface area contributed by atoms with Gasteiger partial charge in [-0.05, 0) is 35.2 Å². The predicted octanol–water partition coefficient (Wildman–Crippen LogP) is 3.13. The van der Waals surface area contributed by atoms with Gasteiger partial charge in [-0.2, -0.15) is 24.5 Å². The second-order valence-corrected chi connectivity index (χ2v) is 6.98. The number of carboxylic acids is 1. The lowest BCUT2D eigenvalue weighted by molar-refractivity contribution is -0.192. The molecule has 26 heavy (non-hydrogen) atoms. The number of thiophene rings is 1. The molecule has 2 fully saturated rings. The highest BCUT2D eigenvalue weighted by Crippen LogP contribution is 2.32. The number of alkyl halides is 3. The summed E-state index contributed by atoms with van der Waals surface area (Å²) >= 11 is 1.76. The second kappa shape index (κ2) is 8.68. The first-order chi connectivity index (χ1) is 12.2. The third kappa shape index (κ3) is 5.07. The lowest BCUT2D eigenvalue weighted by Gasteiger charge is -2.39. The van der Waals surface area contributed by atoms with Crippen LogP contribution in [0.4, 0.5) is 13.2 Å².